The second-order valence-electron chi connectivity index (χ2n) is 5.34. The fraction of sp³-hybridized carbons (Fsp3) is 0.923. The molecule has 2 heterocycles. The van der Waals surface area contributed by atoms with Crippen LogP contribution in [0.4, 0.5) is 0 Å². The smallest absolute Gasteiger partial charge is 0.169 e. The lowest BCUT2D eigenvalue weighted by molar-refractivity contribution is 0.0195. The van der Waals surface area contributed by atoms with Crippen LogP contribution in [0.15, 0.2) is 0 Å². The highest BCUT2D eigenvalue weighted by atomic mass is 32.1. The Labute approximate surface area is 121 Å². The van der Waals surface area contributed by atoms with Gasteiger partial charge in [0.1, 0.15) is 0 Å². The molecule has 0 aromatic heterocycles. The molecule has 0 saturated carbocycles. The number of rotatable bonds is 4. The van der Waals surface area contributed by atoms with Crippen molar-refractivity contribution < 1.29 is 9.47 Å². The molecular formula is C13H25N3O2S. The molecule has 0 spiro atoms. The topological polar surface area (TPSA) is 37.0 Å². The van der Waals surface area contributed by atoms with E-state index in [0.29, 0.717) is 12.6 Å². The molecule has 2 fully saturated rings. The van der Waals surface area contributed by atoms with Crippen molar-refractivity contribution in [3.8, 4) is 0 Å². The molecular weight excluding hydrogens is 262 g/mol. The number of methoxy groups -OCH3 is 1. The molecule has 2 saturated heterocycles. The standard InChI is InChI=1S/C13H25N3O2S/c1-11(10-17-2)14-13(19)16-4-3-12(9-16)15-5-7-18-8-6-15/h11-12H,3-10H2,1-2H3,(H,14,19). The van der Waals surface area contributed by atoms with Crippen molar-refractivity contribution in [2.75, 3.05) is 53.1 Å². The minimum absolute atomic E-state index is 0.264. The maximum Gasteiger partial charge on any atom is 0.169 e. The zero-order valence-electron chi connectivity index (χ0n) is 11.9. The van der Waals surface area contributed by atoms with E-state index >= 15 is 0 Å². The number of morpholine rings is 1. The third-order valence-corrected chi connectivity index (χ3v) is 4.18. The van der Waals surface area contributed by atoms with Gasteiger partial charge in [-0.2, -0.15) is 0 Å². The summed E-state index contributed by atoms with van der Waals surface area (Å²) in [4.78, 5) is 4.81. The Hall–Kier alpha value is -0.430. The van der Waals surface area contributed by atoms with E-state index in [2.05, 4.69) is 22.0 Å². The molecule has 0 aromatic rings. The zero-order valence-corrected chi connectivity index (χ0v) is 12.7. The fourth-order valence-electron chi connectivity index (χ4n) is 2.76. The Morgan fingerprint density at radius 3 is 2.84 bits per heavy atom. The predicted molar refractivity (Wildman–Crippen MR) is 79.4 cm³/mol. The van der Waals surface area contributed by atoms with Crippen LogP contribution in [0.3, 0.4) is 0 Å². The summed E-state index contributed by atoms with van der Waals surface area (Å²) in [7, 11) is 1.71. The molecule has 0 aromatic carbocycles. The van der Waals surface area contributed by atoms with Gasteiger partial charge in [-0.3, -0.25) is 4.90 Å². The van der Waals surface area contributed by atoms with Crippen molar-refractivity contribution in [3.63, 3.8) is 0 Å². The molecule has 2 aliphatic rings. The number of nitrogens with zero attached hydrogens (tertiary/aromatic N) is 2. The summed E-state index contributed by atoms with van der Waals surface area (Å²) in [5.74, 6) is 0. The van der Waals surface area contributed by atoms with E-state index in [-0.39, 0.29) is 6.04 Å². The van der Waals surface area contributed by atoms with E-state index in [4.69, 9.17) is 21.7 Å². The summed E-state index contributed by atoms with van der Waals surface area (Å²) in [5.41, 5.74) is 0. The first-order chi connectivity index (χ1) is 9.20. The summed E-state index contributed by atoms with van der Waals surface area (Å²) >= 11 is 5.47. The first kappa shape index (κ1) is 15.0. The van der Waals surface area contributed by atoms with Crippen LogP contribution in [0.5, 0.6) is 0 Å². The summed E-state index contributed by atoms with van der Waals surface area (Å²) < 4.78 is 10.5. The normalized spacial score (nSPS) is 26.4. The molecule has 6 heteroatoms. The van der Waals surface area contributed by atoms with Crippen molar-refractivity contribution in [3.05, 3.63) is 0 Å². The first-order valence-corrected chi connectivity index (χ1v) is 7.47. The van der Waals surface area contributed by atoms with Crippen LogP contribution in [0, 0.1) is 0 Å². The van der Waals surface area contributed by atoms with Crippen LogP contribution in [0.25, 0.3) is 0 Å². The maximum absolute atomic E-state index is 5.47. The van der Waals surface area contributed by atoms with E-state index in [0.717, 1.165) is 44.5 Å². The molecule has 2 atom stereocenters. The molecule has 2 aliphatic heterocycles. The lowest BCUT2D eigenvalue weighted by Gasteiger charge is -2.32. The number of hydrogen-bond acceptors (Lipinski definition) is 4. The van der Waals surface area contributed by atoms with E-state index in [1.165, 1.54) is 6.42 Å². The van der Waals surface area contributed by atoms with Gasteiger partial charge in [-0.25, -0.2) is 0 Å². The molecule has 19 heavy (non-hydrogen) atoms. The van der Waals surface area contributed by atoms with Crippen molar-refractivity contribution >= 4 is 17.3 Å². The van der Waals surface area contributed by atoms with Crippen LogP contribution in [0.2, 0.25) is 0 Å². The first-order valence-electron chi connectivity index (χ1n) is 7.07. The average Bonchev–Trinajstić information content (AvgIpc) is 2.89. The Balaban J connectivity index is 1.75. The van der Waals surface area contributed by atoms with E-state index in [1.54, 1.807) is 7.11 Å². The second kappa shape index (κ2) is 7.38. The van der Waals surface area contributed by atoms with E-state index < -0.39 is 0 Å². The number of thiocarbonyl (C=S) groups is 1. The highest BCUT2D eigenvalue weighted by molar-refractivity contribution is 7.80. The Morgan fingerprint density at radius 1 is 1.42 bits per heavy atom. The molecule has 2 rings (SSSR count). The van der Waals surface area contributed by atoms with Crippen molar-refractivity contribution in [1.29, 1.82) is 0 Å². The molecule has 0 aliphatic carbocycles. The molecule has 0 bridgehead atoms. The van der Waals surface area contributed by atoms with E-state index in [9.17, 15) is 0 Å². The Bertz CT molecular complexity index is 298. The Kier molecular flexibility index (Phi) is 5.81. The maximum atomic E-state index is 5.47. The SMILES string of the molecule is COCC(C)NC(=S)N1CCC(N2CCOCC2)C1. The third kappa shape index (κ3) is 4.27. The minimum atomic E-state index is 0.264. The monoisotopic (exact) mass is 287 g/mol. The van der Waals surface area contributed by atoms with Gasteiger partial charge in [-0.1, -0.05) is 0 Å². The highest BCUT2D eigenvalue weighted by Crippen LogP contribution is 2.17. The second-order valence-corrected chi connectivity index (χ2v) is 5.73. The van der Waals surface area contributed by atoms with Gasteiger partial charge < -0.3 is 19.7 Å². The summed E-state index contributed by atoms with van der Waals surface area (Å²) in [6.45, 7) is 8.69. The fourth-order valence-corrected chi connectivity index (χ4v) is 3.13. The van der Waals surface area contributed by atoms with Crippen LogP contribution in [-0.2, 0) is 9.47 Å². The number of nitrogens with one attached hydrogen (secondary N) is 1. The molecule has 5 nitrogen and oxygen atoms in total. The Morgan fingerprint density at radius 2 is 2.16 bits per heavy atom. The molecule has 0 radical (unpaired) electrons. The van der Waals surface area contributed by atoms with Gasteiger partial charge in [0.25, 0.3) is 0 Å². The van der Waals surface area contributed by atoms with Crippen LogP contribution >= 0.6 is 12.2 Å². The van der Waals surface area contributed by atoms with Gasteiger partial charge in [0.15, 0.2) is 5.11 Å². The van der Waals surface area contributed by atoms with E-state index in [1.807, 2.05) is 0 Å². The summed E-state index contributed by atoms with van der Waals surface area (Å²) in [5, 5.41) is 4.20. The minimum Gasteiger partial charge on any atom is -0.383 e. The number of likely N-dealkylation sites (tertiary alicyclic amines) is 1. The zero-order chi connectivity index (χ0) is 13.7. The van der Waals surface area contributed by atoms with Crippen molar-refractivity contribution in [1.82, 2.24) is 15.1 Å². The largest absolute Gasteiger partial charge is 0.383 e. The number of hydrogen-bond donors (Lipinski definition) is 1. The molecule has 1 N–H and O–H groups in total. The summed E-state index contributed by atoms with van der Waals surface area (Å²) in [6.07, 6.45) is 1.19. The lowest BCUT2D eigenvalue weighted by Crippen LogP contribution is -2.47. The van der Waals surface area contributed by atoms with Crippen molar-refractivity contribution in [2.45, 2.75) is 25.4 Å². The highest BCUT2D eigenvalue weighted by Gasteiger charge is 2.29. The molecule has 2 unspecified atom stereocenters. The van der Waals surface area contributed by atoms with Gasteiger partial charge in [0.05, 0.1) is 19.8 Å². The third-order valence-electron chi connectivity index (χ3n) is 3.80. The van der Waals surface area contributed by atoms with Crippen molar-refractivity contribution in [2.24, 2.45) is 0 Å². The van der Waals surface area contributed by atoms with Gasteiger partial charge in [0.2, 0.25) is 0 Å². The van der Waals surface area contributed by atoms with Gasteiger partial charge >= 0.3 is 0 Å². The average molecular weight is 287 g/mol. The van der Waals surface area contributed by atoms with Crippen LogP contribution in [-0.4, -0.2) is 80.1 Å². The van der Waals surface area contributed by atoms with Crippen LogP contribution < -0.4 is 5.32 Å². The molecule has 0 amide bonds. The summed E-state index contributed by atoms with van der Waals surface area (Å²) in [6, 6.07) is 0.890. The predicted octanol–water partition coefficient (Wildman–Crippen LogP) is 0.302. The molecule has 110 valence electrons. The number of ether oxygens (including phenoxy) is 2. The quantitative estimate of drug-likeness (QED) is 0.750. The van der Waals surface area contributed by atoms with Gasteiger partial charge in [-0.05, 0) is 25.6 Å². The van der Waals surface area contributed by atoms with Crippen LogP contribution in [0.1, 0.15) is 13.3 Å². The van der Waals surface area contributed by atoms with Gasteiger partial charge in [0, 0.05) is 45.4 Å². The van der Waals surface area contributed by atoms with Gasteiger partial charge in [-0.15, -0.1) is 0 Å². The lowest BCUT2D eigenvalue weighted by atomic mass is 10.2.